The van der Waals surface area contributed by atoms with E-state index in [-0.39, 0.29) is 5.91 Å². The Bertz CT molecular complexity index is 111. The molecule has 0 aromatic heterocycles. The van der Waals surface area contributed by atoms with E-state index >= 15 is 0 Å². The standard InChI is InChI=1S/C6H11NO/c1-4-3-5(4)6(8)7-2/h4-5H,3H2,1-2H3,(H,7,8)/t4-,5-/m1/s1. The molecule has 0 heterocycles. The molecule has 2 heteroatoms. The lowest BCUT2D eigenvalue weighted by atomic mass is 10.3. The van der Waals surface area contributed by atoms with E-state index in [1.807, 2.05) is 0 Å². The van der Waals surface area contributed by atoms with Crippen molar-refractivity contribution in [1.82, 2.24) is 5.32 Å². The number of rotatable bonds is 1. The molecule has 2 nitrogen and oxygen atoms in total. The van der Waals surface area contributed by atoms with E-state index in [1.54, 1.807) is 7.05 Å². The van der Waals surface area contributed by atoms with Crippen LogP contribution in [0, 0.1) is 11.8 Å². The van der Waals surface area contributed by atoms with E-state index in [0.29, 0.717) is 11.8 Å². The van der Waals surface area contributed by atoms with Crippen LogP contribution in [0.2, 0.25) is 0 Å². The van der Waals surface area contributed by atoms with Crippen molar-refractivity contribution in [2.45, 2.75) is 13.3 Å². The summed E-state index contributed by atoms with van der Waals surface area (Å²) in [5.41, 5.74) is 0. The Morgan fingerprint density at radius 1 is 1.75 bits per heavy atom. The van der Waals surface area contributed by atoms with Gasteiger partial charge in [0.25, 0.3) is 0 Å². The summed E-state index contributed by atoms with van der Waals surface area (Å²) in [5, 5.41) is 2.62. The second kappa shape index (κ2) is 1.77. The minimum absolute atomic E-state index is 0.206. The molecule has 1 aliphatic carbocycles. The molecule has 0 saturated heterocycles. The van der Waals surface area contributed by atoms with Gasteiger partial charge in [0.2, 0.25) is 5.91 Å². The Morgan fingerprint density at radius 2 is 2.25 bits per heavy atom. The Labute approximate surface area is 49.3 Å². The molecule has 0 spiro atoms. The molecule has 1 aliphatic rings. The van der Waals surface area contributed by atoms with Crippen LogP contribution in [0.25, 0.3) is 0 Å². The van der Waals surface area contributed by atoms with Gasteiger partial charge in [-0.1, -0.05) is 6.92 Å². The van der Waals surface area contributed by atoms with Gasteiger partial charge in [-0.3, -0.25) is 4.79 Å². The molecule has 0 aromatic rings. The minimum atomic E-state index is 0.206. The van der Waals surface area contributed by atoms with Gasteiger partial charge in [0.15, 0.2) is 0 Å². The van der Waals surface area contributed by atoms with E-state index < -0.39 is 0 Å². The zero-order valence-corrected chi connectivity index (χ0v) is 5.27. The lowest BCUT2D eigenvalue weighted by molar-refractivity contribution is -0.122. The second-order valence-corrected chi connectivity index (χ2v) is 2.43. The average Bonchev–Trinajstić information content (AvgIpc) is 2.45. The Morgan fingerprint density at radius 3 is 2.38 bits per heavy atom. The largest absolute Gasteiger partial charge is 0.359 e. The highest BCUT2D eigenvalue weighted by atomic mass is 16.1. The molecule has 1 fully saturated rings. The van der Waals surface area contributed by atoms with Gasteiger partial charge in [0, 0.05) is 13.0 Å². The highest BCUT2D eigenvalue weighted by Crippen LogP contribution is 2.37. The number of carbonyl (C=O) groups excluding carboxylic acids is 1. The summed E-state index contributed by atoms with van der Waals surface area (Å²) in [6.07, 6.45) is 1.08. The lowest BCUT2D eigenvalue weighted by Crippen LogP contribution is -2.19. The maximum Gasteiger partial charge on any atom is 0.223 e. The van der Waals surface area contributed by atoms with Gasteiger partial charge in [-0.2, -0.15) is 0 Å². The van der Waals surface area contributed by atoms with Gasteiger partial charge < -0.3 is 5.32 Å². The van der Waals surface area contributed by atoms with Crippen molar-refractivity contribution in [3.8, 4) is 0 Å². The number of hydrogen-bond donors (Lipinski definition) is 1. The van der Waals surface area contributed by atoms with Crippen LogP contribution in [0.3, 0.4) is 0 Å². The molecule has 0 unspecified atom stereocenters. The maximum atomic E-state index is 10.7. The van der Waals surface area contributed by atoms with Gasteiger partial charge in [-0.05, 0) is 12.3 Å². The van der Waals surface area contributed by atoms with Crippen LogP contribution >= 0.6 is 0 Å². The van der Waals surface area contributed by atoms with Gasteiger partial charge in [-0.15, -0.1) is 0 Å². The third kappa shape index (κ3) is 0.831. The van der Waals surface area contributed by atoms with Crippen LogP contribution in [0.15, 0.2) is 0 Å². The molecule has 2 atom stereocenters. The van der Waals surface area contributed by atoms with E-state index in [1.165, 1.54) is 0 Å². The summed E-state index contributed by atoms with van der Waals surface area (Å²) >= 11 is 0. The van der Waals surface area contributed by atoms with Crippen molar-refractivity contribution in [1.29, 1.82) is 0 Å². The first-order valence-corrected chi connectivity index (χ1v) is 2.97. The van der Waals surface area contributed by atoms with Gasteiger partial charge in [0.1, 0.15) is 0 Å². The van der Waals surface area contributed by atoms with Crippen LogP contribution in [-0.4, -0.2) is 13.0 Å². The van der Waals surface area contributed by atoms with E-state index in [4.69, 9.17) is 0 Å². The topological polar surface area (TPSA) is 29.1 Å². The molecule has 8 heavy (non-hydrogen) atoms. The third-order valence-electron chi connectivity index (χ3n) is 1.69. The van der Waals surface area contributed by atoms with Crippen LogP contribution < -0.4 is 5.32 Å². The van der Waals surface area contributed by atoms with Crippen LogP contribution in [0.5, 0.6) is 0 Å². The first-order chi connectivity index (χ1) is 3.75. The molecule has 0 radical (unpaired) electrons. The molecule has 0 bridgehead atoms. The number of hydrogen-bond acceptors (Lipinski definition) is 1. The first-order valence-electron chi connectivity index (χ1n) is 2.97. The Hall–Kier alpha value is -0.530. The fraction of sp³-hybridized carbons (Fsp3) is 0.833. The van der Waals surface area contributed by atoms with Crippen molar-refractivity contribution >= 4 is 5.91 Å². The van der Waals surface area contributed by atoms with Crippen LogP contribution in [-0.2, 0) is 4.79 Å². The zero-order chi connectivity index (χ0) is 6.15. The fourth-order valence-corrected chi connectivity index (χ4v) is 0.873. The zero-order valence-electron chi connectivity index (χ0n) is 5.27. The van der Waals surface area contributed by atoms with Crippen molar-refractivity contribution in [3.05, 3.63) is 0 Å². The SMILES string of the molecule is CNC(=O)[C@@H]1C[C@H]1C. The number of amides is 1. The second-order valence-electron chi connectivity index (χ2n) is 2.43. The number of nitrogens with one attached hydrogen (secondary N) is 1. The third-order valence-corrected chi connectivity index (χ3v) is 1.69. The Kier molecular flexibility index (Phi) is 1.24. The van der Waals surface area contributed by atoms with E-state index in [9.17, 15) is 4.79 Å². The molecule has 0 aromatic carbocycles. The smallest absolute Gasteiger partial charge is 0.223 e. The molecular formula is C6H11NO. The summed E-state index contributed by atoms with van der Waals surface area (Å²) in [4.78, 5) is 10.7. The van der Waals surface area contributed by atoms with Crippen LogP contribution in [0.1, 0.15) is 13.3 Å². The molecule has 46 valence electrons. The van der Waals surface area contributed by atoms with Crippen molar-refractivity contribution in [2.75, 3.05) is 7.05 Å². The molecule has 1 N–H and O–H groups in total. The van der Waals surface area contributed by atoms with Crippen molar-refractivity contribution < 1.29 is 4.79 Å². The van der Waals surface area contributed by atoms with Crippen molar-refractivity contribution in [3.63, 3.8) is 0 Å². The molecule has 1 saturated carbocycles. The predicted molar refractivity (Wildman–Crippen MR) is 31.3 cm³/mol. The highest BCUT2D eigenvalue weighted by molar-refractivity contribution is 5.81. The average molecular weight is 113 g/mol. The van der Waals surface area contributed by atoms with E-state index in [2.05, 4.69) is 12.2 Å². The molecule has 1 amide bonds. The van der Waals surface area contributed by atoms with Crippen molar-refractivity contribution in [2.24, 2.45) is 11.8 Å². The monoisotopic (exact) mass is 113 g/mol. The van der Waals surface area contributed by atoms with E-state index in [0.717, 1.165) is 6.42 Å². The first kappa shape index (κ1) is 5.60. The number of carbonyl (C=O) groups is 1. The van der Waals surface area contributed by atoms with Gasteiger partial charge >= 0.3 is 0 Å². The summed E-state index contributed by atoms with van der Waals surface area (Å²) < 4.78 is 0. The van der Waals surface area contributed by atoms with Crippen LogP contribution in [0.4, 0.5) is 0 Å². The normalized spacial score (nSPS) is 34.2. The summed E-state index contributed by atoms with van der Waals surface area (Å²) in [6, 6.07) is 0. The Balaban J connectivity index is 2.28. The highest BCUT2D eigenvalue weighted by Gasteiger charge is 2.38. The molecule has 0 aliphatic heterocycles. The summed E-state index contributed by atoms with van der Waals surface area (Å²) in [6.45, 7) is 2.10. The summed E-state index contributed by atoms with van der Waals surface area (Å²) in [7, 11) is 1.69. The maximum absolute atomic E-state index is 10.7. The molecule has 1 rings (SSSR count). The summed E-state index contributed by atoms with van der Waals surface area (Å²) in [5.74, 6) is 1.17. The fourth-order valence-electron chi connectivity index (χ4n) is 0.873. The molecular weight excluding hydrogens is 102 g/mol. The van der Waals surface area contributed by atoms with Gasteiger partial charge in [0.05, 0.1) is 0 Å². The lowest BCUT2D eigenvalue weighted by Gasteiger charge is -1.91. The minimum Gasteiger partial charge on any atom is -0.359 e. The predicted octanol–water partition coefficient (Wildman–Crippen LogP) is 0.388. The quantitative estimate of drug-likeness (QED) is 0.523. The van der Waals surface area contributed by atoms with Gasteiger partial charge in [-0.25, -0.2) is 0 Å².